The molecule has 1 heterocycles. The molecule has 0 saturated heterocycles. The Hall–Kier alpha value is -1.07. The summed E-state index contributed by atoms with van der Waals surface area (Å²) in [6, 6.07) is 5.29. The average Bonchev–Trinajstić information content (AvgIpc) is 2.57. The van der Waals surface area contributed by atoms with Crippen LogP contribution in [0.4, 0.5) is 0 Å². The fourth-order valence-corrected chi connectivity index (χ4v) is 1.55. The van der Waals surface area contributed by atoms with E-state index in [1.807, 2.05) is 0 Å². The summed E-state index contributed by atoms with van der Waals surface area (Å²) < 4.78 is 0.764. The zero-order valence-electron chi connectivity index (χ0n) is 6.84. The largest absolute Gasteiger partial charge is 0.340 e. The minimum Gasteiger partial charge on any atom is -0.289 e. The van der Waals surface area contributed by atoms with E-state index >= 15 is 0 Å². The van der Waals surface area contributed by atoms with Gasteiger partial charge in [-0.05, 0) is 34.1 Å². The molecule has 0 radical (unpaired) electrons. The highest BCUT2D eigenvalue weighted by molar-refractivity contribution is 9.10. The van der Waals surface area contributed by atoms with Crippen LogP contribution in [-0.2, 0) is 0 Å². The first kappa shape index (κ1) is 9.48. The first-order valence-corrected chi connectivity index (χ1v) is 4.94. The number of hydrogen-bond donors (Lipinski definition) is 2. The van der Waals surface area contributed by atoms with Gasteiger partial charge in [-0.15, -0.1) is 0 Å². The van der Waals surface area contributed by atoms with Crippen LogP contribution in [0.25, 0.3) is 11.4 Å². The van der Waals surface area contributed by atoms with Gasteiger partial charge in [0.05, 0.1) is 5.02 Å². The summed E-state index contributed by atoms with van der Waals surface area (Å²) in [4.78, 5) is 13.4. The van der Waals surface area contributed by atoms with E-state index in [0.717, 1.165) is 10.0 Å². The molecule has 2 rings (SSSR count). The van der Waals surface area contributed by atoms with Gasteiger partial charge in [0.15, 0.2) is 5.82 Å². The molecule has 72 valence electrons. The summed E-state index contributed by atoms with van der Waals surface area (Å²) in [6.45, 7) is 0. The first-order chi connectivity index (χ1) is 6.66. The molecule has 2 aromatic rings. The topological polar surface area (TPSA) is 61.5 Å². The van der Waals surface area contributed by atoms with Crippen molar-refractivity contribution in [2.75, 3.05) is 0 Å². The Balaban J connectivity index is 2.52. The van der Waals surface area contributed by atoms with Crippen molar-refractivity contribution in [3.63, 3.8) is 0 Å². The van der Waals surface area contributed by atoms with Crippen LogP contribution in [0.3, 0.4) is 0 Å². The van der Waals surface area contributed by atoms with Gasteiger partial charge in [0.1, 0.15) is 0 Å². The maximum absolute atomic E-state index is 10.8. The normalized spacial score (nSPS) is 10.4. The van der Waals surface area contributed by atoms with Gasteiger partial charge in [-0.1, -0.05) is 11.6 Å². The fourth-order valence-electron chi connectivity index (χ4n) is 1.05. The highest BCUT2D eigenvalue weighted by Crippen LogP contribution is 2.26. The van der Waals surface area contributed by atoms with E-state index in [1.54, 1.807) is 18.2 Å². The highest BCUT2D eigenvalue weighted by Gasteiger charge is 2.04. The van der Waals surface area contributed by atoms with E-state index in [-0.39, 0.29) is 5.69 Å². The van der Waals surface area contributed by atoms with Gasteiger partial charge in [0.25, 0.3) is 0 Å². The molecule has 0 aliphatic rings. The van der Waals surface area contributed by atoms with Crippen LogP contribution in [0.15, 0.2) is 27.5 Å². The van der Waals surface area contributed by atoms with E-state index in [9.17, 15) is 4.79 Å². The van der Waals surface area contributed by atoms with E-state index in [2.05, 4.69) is 31.1 Å². The fraction of sp³-hybridized carbons (Fsp3) is 0. The van der Waals surface area contributed by atoms with Crippen LogP contribution < -0.4 is 5.69 Å². The quantitative estimate of drug-likeness (QED) is 0.837. The Labute approximate surface area is 92.4 Å². The molecule has 4 nitrogen and oxygen atoms in total. The number of H-pyrrole nitrogens is 2. The first-order valence-electron chi connectivity index (χ1n) is 3.77. The van der Waals surface area contributed by atoms with Crippen LogP contribution >= 0.6 is 27.5 Å². The lowest BCUT2D eigenvalue weighted by molar-refractivity contribution is 1.05. The SMILES string of the molecule is O=c1[nH]nc(-c2ccc(Cl)c(Br)c2)[nH]1. The molecule has 0 aliphatic heterocycles. The van der Waals surface area contributed by atoms with E-state index < -0.39 is 0 Å². The summed E-state index contributed by atoms with van der Waals surface area (Å²) in [5.41, 5.74) is 0.464. The number of nitrogens with zero attached hydrogens (tertiary/aromatic N) is 1. The van der Waals surface area contributed by atoms with Crippen molar-refractivity contribution in [1.82, 2.24) is 15.2 Å². The number of rotatable bonds is 1. The smallest absolute Gasteiger partial charge is 0.289 e. The van der Waals surface area contributed by atoms with Crippen molar-refractivity contribution in [2.45, 2.75) is 0 Å². The van der Waals surface area contributed by atoms with Gasteiger partial charge in [-0.25, -0.2) is 9.89 Å². The summed E-state index contributed by atoms with van der Waals surface area (Å²) in [5.74, 6) is 0.493. The maximum Gasteiger partial charge on any atom is 0.340 e. The number of aromatic nitrogens is 3. The third kappa shape index (κ3) is 1.73. The van der Waals surface area contributed by atoms with Crippen molar-refractivity contribution < 1.29 is 0 Å². The Morgan fingerprint density at radius 2 is 2.21 bits per heavy atom. The number of halogens is 2. The Kier molecular flexibility index (Phi) is 2.43. The lowest BCUT2D eigenvalue weighted by atomic mass is 10.2. The molecule has 0 unspecified atom stereocenters. The van der Waals surface area contributed by atoms with Crippen molar-refractivity contribution in [2.24, 2.45) is 0 Å². The molecule has 0 amide bonds. The molecule has 2 N–H and O–H groups in total. The van der Waals surface area contributed by atoms with Crippen molar-refractivity contribution in [1.29, 1.82) is 0 Å². The van der Waals surface area contributed by atoms with E-state index in [4.69, 9.17) is 11.6 Å². The molecular formula is C8H5BrClN3O. The summed E-state index contributed by atoms with van der Waals surface area (Å²) in [5, 5.41) is 6.71. The summed E-state index contributed by atoms with van der Waals surface area (Å²) in [6.07, 6.45) is 0. The molecule has 1 aromatic heterocycles. The molecule has 6 heteroatoms. The van der Waals surface area contributed by atoms with Crippen LogP contribution in [0.5, 0.6) is 0 Å². The molecule has 14 heavy (non-hydrogen) atoms. The highest BCUT2D eigenvalue weighted by atomic mass is 79.9. The van der Waals surface area contributed by atoms with Gasteiger partial charge < -0.3 is 0 Å². The lowest BCUT2D eigenvalue weighted by Gasteiger charge is -1.98. The van der Waals surface area contributed by atoms with Crippen LogP contribution in [-0.4, -0.2) is 15.2 Å². The monoisotopic (exact) mass is 273 g/mol. The molecule has 0 saturated carbocycles. The van der Waals surface area contributed by atoms with Gasteiger partial charge in [0, 0.05) is 10.0 Å². The second kappa shape index (κ2) is 3.59. The number of aromatic amines is 2. The average molecular weight is 275 g/mol. The second-order valence-electron chi connectivity index (χ2n) is 2.66. The van der Waals surface area contributed by atoms with Crippen LogP contribution in [0, 0.1) is 0 Å². The number of hydrogen-bond acceptors (Lipinski definition) is 2. The van der Waals surface area contributed by atoms with E-state index in [0.29, 0.717) is 10.8 Å². The molecule has 0 atom stereocenters. The van der Waals surface area contributed by atoms with Crippen molar-refractivity contribution >= 4 is 27.5 Å². The Morgan fingerprint density at radius 1 is 1.43 bits per heavy atom. The molecular weight excluding hydrogens is 269 g/mol. The zero-order chi connectivity index (χ0) is 10.1. The van der Waals surface area contributed by atoms with Crippen LogP contribution in [0.1, 0.15) is 0 Å². The summed E-state index contributed by atoms with van der Waals surface area (Å²) in [7, 11) is 0. The molecule has 0 aliphatic carbocycles. The maximum atomic E-state index is 10.8. The van der Waals surface area contributed by atoms with Crippen molar-refractivity contribution in [3.05, 3.63) is 38.2 Å². The van der Waals surface area contributed by atoms with Crippen molar-refractivity contribution in [3.8, 4) is 11.4 Å². The zero-order valence-corrected chi connectivity index (χ0v) is 9.19. The number of nitrogens with one attached hydrogen (secondary N) is 2. The number of benzene rings is 1. The Bertz CT molecular complexity index is 519. The van der Waals surface area contributed by atoms with Gasteiger partial charge in [-0.2, -0.15) is 5.10 Å². The predicted molar refractivity (Wildman–Crippen MR) is 57.4 cm³/mol. The molecule has 1 aromatic carbocycles. The molecule has 0 bridgehead atoms. The van der Waals surface area contributed by atoms with E-state index in [1.165, 1.54) is 0 Å². The second-order valence-corrected chi connectivity index (χ2v) is 3.92. The minimum atomic E-state index is -0.328. The Morgan fingerprint density at radius 3 is 2.79 bits per heavy atom. The predicted octanol–water partition coefficient (Wildman–Crippen LogP) is 2.18. The molecule has 0 fully saturated rings. The van der Waals surface area contributed by atoms with Gasteiger partial charge in [0.2, 0.25) is 0 Å². The van der Waals surface area contributed by atoms with Gasteiger partial charge >= 0.3 is 5.69 Å². The van der Waals surface area contributed by atoms with Crippen LogP contribution in [0.2, 0.25) is 5.02 Å². The minimum absolute atomic E-state index is 0.328. The summed E-state index contributed by atoms with van der Waals surface area (Å²) >= 11 is 9.11. The standard InChI is InChI=1S/C8H5BrClN3O/c9-5-3-4(1-2-6(5)10)7-11-8(14)13-12-7/h1-3H,(H2,11,12,13,14). The lowest BCUT2D eigenvalue weighted by Crippen LogP contribution is -2.00. The van der Waals surface area contributed by atoms with Gasteiger partial charge in [-0.3, -0.25) is 4.98 Å². The third-order valence-electron chi connectivity index (χ3n) is 1.69. The molecule has 0 spiro atoms. The third-order valence-corrected chi connectivity index (χ3v) is 2.91.